The Morgan fingerprint density at radius 1 is 1.13 bits per heavy atom. The second-order valence-corrected chi connectivity index (χ2v) is 7.91. The molecule has 30 heavy (non-hydrogen) atoms. The van der Waals surface area contributed by atoms with Crippen LogP contribution in [0.1, 0.15) is 16.8 Å². The lowest BCUT2D eigenvalue weighted by Gasteiger charge is -2.24. The van der Waals surface area contributed by atoms with Crippen LogP contribution < -0.4 is 5.32 Å². The molecule has 3 rings (SSSR count). The third kappa shape index (κ3) is 6.02. The number of amides is 2. The number of methoxy groups -OCH3 is 1. The first-order valence-electron chi connectivity index (χ1n) is 9.65. The molecule has 1 aromatic heterocycles. The number of nitrogens with one attached hydrogen (secondary N) is 1. The van der Waals surface area contributed by atoms with Crippen molar-refractivity contribution in [3.63, 3.8) is 0 Å². The van der Waals surface area contributed by atoms with Gasteiger partial charge in [-0.1, -0.05) is 41.4 Å². The number of rotatable bonds is 8. The van der Waals surface area contributed by atoms with Crippen molar-refractivity contribution in [2.24, 2.45) is 0 Å². The SMILES string of the molecule is COCCN(Cc1cccn1Cc1cccc(Cl)c1)C(=O)Nc1ccc(C)c(Cl)c1. The Balaban J connectivity index is 1.74. The minimum atomic E-state index is -0.206. The van der Waals surface area contributed by atoms with Crippen molar-refractivity contribution < 1.29 is 9.53 Å². The van der Waals surface area contributed by atoms with Crippen molar-refractivity contribution in [2.75, 3.05) is 25.6 Å². The standard InChI is InChI=1S/C23H25Cl2N3O2/c1-17-8-9-20(14-22(17)25)26-23(29)28(11-12-30-2)16-21-7-4-10-27(21)15-18-5-3-6-19(24)13-18/h3-10,13-14H,11-12,15-16H2,1-2H3,(H,26,29). The van der Waals surface area contributed by atoms with E-state index in [2.05, 4.69) is 9.88 Å². The van der Waals surface area contributed by atoms with Gasteiger partial charge < -0.3 is 19.5 Å². The summed E-state index contributed by atoms with van der Waals surface area (Å²) in [4.78, 5) is 14.7. The van der Waals surface area contributed by atoms with Crippen LogP contribution in [0, 0.1) is 6.92 Å². The summed E-state index contributed by atoms with van der Waals surface area (Å²) in [5.41, 5.74) is 3.74. The fourth-order valence-corrected chi connectivity index (χ4v) is 3.50. The van der Waals surface area contributed by atoms with Crippen molar-refractivity contribution in [1.29, 1.82) is 0 Å². The zero-order valence-corrected chi connectivity index (χ0v) is 18.6. The first-order chi connectivity index (χ1) is 14.5. The summed E-state index contributed by atoms with van der Waals surface area (Å²) >= 11 is 12.3. The number of hydrogen-bond donors (Lipinski definition) is 1. The van der Waals surface area contributed by atoms with E-state index in [0.717, 1.165) is 16.8 Å². The average molecular weight is 446 g/mol. The first-order valence-corrected chi connectivity index (χ1v) is 10.4. The molecule has 3 aromatic rings. The molecule has 7 heteroatoms. The summed E-state index contributed by atoms with van der Waals surface area (Å²) < 4.78 is 7.31. The summed E-state index contributed by atoms with van der Waals surface area (Å²) in [6, 6.07) is 17.0. The molecule has 0 aliphatic rings. The number of nitrogens with zero attached hydrogens (tertiary/aromatic N) is 2. The summed E-state index contributed by atoms with van der Waals surface area (Å²) in [5, 5.41) is 4.25. The van der Waals surface area contributed by atoms with Crippen LogP contribution in [0.5, 0.6) is 0 Å². The molecular formula is C23H25Cl2N3O2. The number of benzene rings is 2. The smallest absolute Gasteiger partial charge is 0.322 e. The Hall–Kier alpha value is -2.47. The maximum Gasteiger partial charge on any atom is 0.322 e. The van der Waals surface area contributed by atoms with Crippen LogP contribution in [0.2, 0.25) is 10.0 Å². The van der Waals surface area contributed by atoms with E-state index in [9.17, 15) is 4.79 Å². The Morgan fingerprint density at radius 3 is 2.70 bits per heavy atom. The van der Waals surface area contributed by atoms with E-state index in [1.165, 1.54) is 0 Å². The molecule has 0 fully saturated rings. The molecule has 0 atom stereocenters. The lowest BCUT2D eigenvalue weighted by molar-refractivity contribution is 0.152. The topological polar surface area (TPSA) is 46.5 Å². The highest BCUT2D eigenvalue weighted by atomic mass is 35.5. The molecule has 2 aromatic carbocycles. The minimum absolute atomic E-state index is 0.206. The molecule has 5 nitrogen and oxygen atoms in total. The molecule has 1 heterocycles. The van der Waals surface area contributed by atoms with Gasteiger partial charge in [0.05, 0.1) is 13.2 Å². The van der Waals surface area contributed by atoms with Crippen LogP contribution in [0.4, 0.5) is 10.5 Å². The molecular weight excluding hydrogens is 421 g/mol. The molecule has 0 bridgehead atoms. The maximum atomic E-state index is 12.9. The lowest BCUT2D eigenvalue weighted by atomic mass is 10.2. The number of carbonyl (C=O) groups is 1. The number of aryl methyl sites for hydroxylation is 1. The predicted molar refractivity (Wildman–Crippen MR) is 122 cm³/mol. The number of hydrogen-bond acceptors (Lipinski definition) is 2. The molecule has 0 aliphatic heterocycles. The van der Waals surface area contributed by atoms with Crippen molar-refractivity contribution in [3.8, 4) is 0 Å². The van der Waals surface area contributed by atoms with E-state index in [0.29, 0.717) is 42.0 Å². The van der Waals surface area contributed by atoms with Gasteiger partial charge in [0.25, 0.3) is 0 Å². The van der Waals surface area contributed by atoms with Gasteiger partial charge in [-0.2, -0.15) is 0 Å². The van der Waals surface area contributed by atoms with Gasteiger partial charge in [-0.15, -0.1) is 0 Å². The van der Waals surface area contributed by atoms with E-state index < -0.39 is 0 Å². The minimum Gasteiger partial charge on any atom is -0.383 e. The fraction of sp³-hybridized carbons (Fsp3) is 0.261. The Bertz CT molecular complexity index is 1000. The van der Waals surface area contributed by atoms with Gasteiger partial charge in [0.15, 0.2) is 0 Å². The van der Waals surface area contributed by atoms with Gasteiger partial charge in [-0.25, -0.2) is 4.79 Å². The number of ether oxygens (including phenoxy) is 1. The molecule has 2 amide bonds. The van der Waals surface area contributed by atoms with E-state index >= 15 is 0 Å². The maximum absolute atomic E-state index is 12.9. The van der Waals surface area contributed by atoms with Crippen molar-refractivity contribution in [1.82, 2.24) is 9.47 Å². The summed E-state index contributed by atoms with van der Waals surface area (Å²) in [6.45, 7) is 3.95. The van der Waals surface area contributed by atoms with Crippen LogP contribution in [0.3, 0.4) is 0 Å². The number of urea groups is 1. The Morgan fingerprint density at radius 2 is 1.97 bits per heavy atom. The zero-order chi connectivity index (χ0) is 21.5. The Kier molecular flexibility index (Phi) is 7.80. The second-order valence-electron chi connectivity index (χ2n) is 7.07. The van der Waals surface area contributed by atoms with Crippen LogP contribution in [-0.4, -0.2) is 35.8 Å². The number of carbonyl (C=O) groups excluding carboxylic acids is 1. The third-order valence-corrected chi connectivity index (χ3v) is 5.44. The summed E-state index contributed by atoms with van der Waals surface area (Å²) in [6.07, 6.45) is 2.00. The molecule has 0 saturated heterocycles. The number of halogens is 2. The molecule has 0 radical (unpaired) electrons. The van der Waals surface area contributed by atoms with Crippen LogP contribution >= 0.6 is 23.2 Å². The third-order valence-electron chi connectivity index (χ3n) is 4.79. The lowest BCUT2D eigenvalue weighted by Crippen LogP contribution is -2.37. The van der Waals surface area contributed by atoms with E-state index in [4.69, 9.17) is 27.9 Å². The van der Waals surface area contributed by atoms with Crippen molar-refractivity contribution >= 4 is 34.9 Å². The summed E-state index contributed by atoms with van der Waals surface area (Å²) in [7, 11) is 1.62. The predicted octanol–water partition coefficient (Wildman–Crippen LogP) is 5.83. The van der Waals surface area contributed by atoms with Gasteiger partial charge in [-0.3, -0.25) is 0 Å². The highest BCUT2D eigenvalue weighted by Gasteiger charge is 2.16. The molecule has 0 aliphatic carbocycles. The van der Waals surface area contributed by atoms with Crippen molar-refractivity contribution in [2.45, 2.75) is 20.0 Å². The quantitative estimate of drug-likeness (QED) is 0.473. The molecule has 0 unspecified atom stereocenters. The van der Waals surface area contributed by atoms with E-state index in [1.54, 1.807) is 18.1 Å². The average Bonchev–Trinajstić information content (AvgIpc) is 3.14. The van der Waals surface area contributed by atoms with Crippen LogP contribution in [-0.2, 0) is 17.8 Å². The Labute approximate surface area is 187 Å². The van der Waals surface area contributed by atoms with Gasteiger partial charge in [-0.05, 0) is 54.4 Å². The molecule has 158 valence electrons. The van der Waals surface area contributed by atoms with Gasteiger partial charge in [0.1, 0.15) is 0 Å². The second kappa shape index (κ2) is 10.5. The number of aromatic nitrogens is 1. The molecule has 0 spiro atoms. The largest absolute Gasteiger partial charge is 0.383 e. The molecule has 1 N–H and O–H groups in total. The van der Waals surface area contributed by atoms with Crippen LogP contribution in [0.25, 0.3) is 0 Å². The van der Waals surface area contributed by atoms with E-state index in [-0.39, 0.29) is 6.03 Å². The van der Waals surface area contributed by atoms with Gasteiger partial charge >= 0.3 is 6.03 Å². The normalized spacial score (nSPS) is 10.8. The first kappa shape index (κ1) is 22.2. The summed E-state index contributed by atoms with van der Waals surface area (Å²) in [5.74, 6) is 0. The van der Waals surface area contributed by atoms with Gasteiger partial charge in [0, 0.05) is 47.8 Å². The van der Waals surface area contributed by atoms with E-state index in [1.807, 2.05) is 61.7 Å². The zero-order valence-electron chi connectivity index (χ0n) is 17.1. The van der Waals surface area contributed by atoms with Crippen molar-refractivity contribution in [3.05, 3.63) is 87.7 Å². The number of anilines is 1. The monoisotopic (exact) mass is 445 g/mol. The highest BCUT2D eigenvalue weighted by Crippen LogP contribution is 2.21. The fourth-order valence-electron chi connectivity index (χ4n) is 3.10. The molecule has 0 saturated carbocycles. The highest BCUT2D eigenvalue weighted by molar-refractivity contribution is 6.31. The van der Waals surface area contributed by atoms with Gasteiger partial charge in [0.2, 0.25) is 0 Å². The van der Waals surface area contributed by atoms with Crippen LogP contribution in [0.15, 0.2) is 60.8 Å².